The van der Waals surface area contributed by atoms with Gasteiger partial charge in [-0.05, 0) is 29.8 Å². The summed E-state index contributed by atoms with van der Waals surface area (Å²) >= 11 is 6.56. The van der Waals surface area contributed by atoms with E-state index >= 15 is 0 Å². The first kappa shape index (κ1) is 30.3. The summed E-state index contributed by atoms with van der Waals surface area (Å²) in [6, 6.07) is 17.8. The highest BCUT2D eigenvalue weighted by atomic mass is 35.5. The van der Waals surface area contributed by atoms with E-state index < -0.39 is 17.8 Å². The molecule has 5 aromatic rings. The monoisotopic (exact) mass is 651 g/mol. The van der Waals surface area contributed by atoms with Crippen LogP contribution in [0.3, 0.4) is 0 Å². The lowest BCUT2D eigenvalue weighted by molar-refractivity contribution is -0.137. The number of alkyl halides is 3. The number of nitrogens with zero attached hydrogens (tertiary/aromatic N) is 5. The van der Waals surface area contributed by atoms with Gasteiger partial charge in [0.15, 0.2) is 12.4 Å². The number of hydrogen-bond donors (Lipinski definition) is 0. The molecule has 0 bridgehead atoms. The second-order valence-corrected chi connectivity index (χ2v) is 11.7. The Bertz CT molecular complexity index is 1870. The number of halogens is 4. The molecule has 9 nitrogen and oxygen atoms in total. The number of morpholine rings is 1. The van der Waals surface area contributed by atoms with E-state index in [1.165, 1.54) is 6.20 Å². The van der Waals surface area contributed by atoms with Crippen LogP contribution in [0.1, 0.15) is 34.3 Å². The van der Waals surface area contributed by atoms with Crippen LogP contribution in [0.2, 0.25) is 5.02 Å². The summed E-state index contributed by atoms with van der Waals surface area (Å²) in [5.41, 5.74) is 2.68. The highest BCUT2D eigenvalue weighted by Crippen LogP contribution is 2.38. The van der Waals surface area contributed by atoms with Gasteiger partial charge >= 0.3 is 6.18 Å². The number of ether oxygens (including phenoxy) is 2. The van der Waals surface area contributed by atoms with Gasteiger partial charge in [0.05, 0.1) is 35.2 Å². The third kappa shape index (κ3) is 6.07. The Morgan fingerprint density at radius 1 is 1.02 bits per heavy atom. The Kier molecular flexibility index (Phi) is 8.18. The number of carbonyl (C=O) groups is 1. The van der Waals surface area contributed by atoms with Crippen molar-refractivity contribution >= 4 is 23.2 Å². The van der Waals surface area contributed by atoms with Crippen molar-refractivity contribution in [2.24, 2.45) is 0 Å². The summed E-state index contributed by atoms with van der Waals surface area (Å²) in [5.74, 6) is 0.510. The van der Waals surface area contributed by atoms with Crippen molar-refractivity contribution in [3.8, 4) is 17.1 Å². The molecule has 238 valence electrons. The second kappa shape index (κ2) is 12.4. The van der Waals surface area contributed by atoms with Crippen LogP contribution in [0.25, 0.3) is 17.0 Å². The van der Waals surface area contributed by atoms with E-state index in [1.54, 1.807) is 21.4 Å². The lowest BCUT2D eigenvalue weighted by Gasteiger charge is -2.34. The fourth-order valence-electron chi connectivity index (χ4n) is 5.99. The Morgan fingerprint density at radius 2 is 1.83 bits per heavy atom. The molecular formula is C33H29ClF3N5O4. The molecule has 1 atom stereocenters. The van der Waals surface area contributed by atoms with Gasteiger partial charge in [0.25, 0.3) is 5.91 Å². The number of aromatic nitrogens is 3. The topological polar surface area (TPSA) is 85.3 Å². The van der Waals surface area contributed by atoms with Crippen LogP contribution < -0.4 is 4.74 Å². The number of amides is 1. The average molecular weight is 652 g/mol. The quantitative estimate of drug-likeness (QED) is 0.212. The second-order valence-electron chi connectivity index (χ2n) is 11.2. The number of benzene rings is 2. The van der Waals surface area contributed by atoms with Gasteiger partial charge in [0.2, 0.25) is 0 Å². The molecule has 7 rings (SSSR count). The number of hydrogen-bond acceptors (Lipinski definition) is 7. The first-order chi connectivity index (χ1) is 22.2. The minimum Gasteiger partial charge on any atom is -0.482 e. The van der Waals surface area contributed by atoms with E-state index in [4.69, 9.17) is 25.6 Å². The Labute approximate surface area is 267 Å². The molecule has 0 radical (unpaired) electrons. The van der Waals surface area contributed by atoms with Gasteiger partial charge in [-0.1, -0.05) is 53.2 Å². The molecule has 2 aliphatic rings. The van der Waals surface area contributed by atoms with Crippen molar-refractivity contribution in [2.45, 2.75) is 25.2 Å². The van der Waals surface area contributed by atoms with Gasteiger partial charge in [0, 0.05) is 50.4 Å². The zero-order valence-electron chi connectivity index (χ0n) is 24.5. The Balaban J connectivity index is 1.17. The van der Waals surface area contributed by atoms with Gasteiger partial charge in [-0.25, -0.2) is 4.98 Å². The van der Waals surface area contributed by atoms with Gasteiger partial charge in [-0.15, -0.1) is 0 Å². The molecular weight excluding hydrogens is 623 g/mol. The van der Waals surface area contributed by atoms with E-state index in [-0.39, 0.29) is 24.7 Å². The molecule has 13 heteroatoms. The molecule has 0 N–H and O–H groups in total. The molecule has 0 spiro atoms. The van der Waals surface area contributed by atoms with Crippen molar-refractivity contribution in [3.63, 3.8) is 0 Å². The molecule has 1 unspecified atom stereocenters. The molecule has 5 heterocycles. The SMILES string of the molecule is O=C(COc1ccc(CN2CCOCC2)cc1Cl)N1CCc2nc3cc(C(F)(F)F)ccn3c2C1c1cc(-c2ccccc2)on1. The van der Waals surface area contributed by atoms with Crippen molar-refractivity contribution in [3.05, 3.63) is 106 Å². The molecule has 1 fully saturated rings. The van der Waals surface area contributed by atoms with Crippen LogP contribution in [-0.4, -0.2) is 69.7 Å². The van der Waals surface area contributed by atoms with E-state index in [9.17, 15) is 18.0 Å². The maximum Gasteiger partial charge on any atom is 0.416 e. The Hall–Kier alpha value is -4.39. The van der Waals surface area contributed by atoms with Crippen LogP contribution in [0, 0.1) is 0 Å². The fraction of sp³-hybridized carbons (Fsp3) is 0.303. The average Bonchev–Trinajstić information content (AvgIpc) is 3.69. The minimum atomic E-state index is -4.52. The maximum absolute atomic E-state index is 13.8. The van der Waals surface area contributed by atoms with E-state index in [2.05, 4.69) is 15.0 Å². The number of imidazole rings is 1. The highest BCUT2D eigenvalue weighted by molar-refractivity contribution is 6.32. The molecule has 1 amide bonds. The predicted octanol–water partition coefficient (Wildman–Crippen LogP) is 6.05. The van der Waals surface area contributed by atoms with Crippen molar-refractivity contribution in [1.82, 2.24) is 24.3 Å². The van der Waals surface area contributed by atoms with Crippen LogP contribution in [-0.2, 0) is 28.7 Å². The van der Waals surface area contributed by atoms with E-state index in [0.717, 1.165) is 42.9 Å². The van der Waals surface area contributed by atoms with E-state index in [0.29, 0.717) is 53.2 Å². The Morgan fingerprint density at radius 3 is 2.59 bits per heavy atom. The molecule has 3 aromatic heterocycles. The fourth-order valence-corrected chi connectivity index (χ4v) is 6.25. The smallest absolute Gasteiger partial charge is 0.416 e. The summed E-state index contributed by atoms with van der Waals surface area (Å²) < 4.78 is 59.1. The number of pyridine rings is 1. The third-order valence-corrected chi connectivity index (χ3v) is 8.57. The molecule has 0 saturated carbocycles. The first-order valence-corrected chi connectivity index (χ1v) is 15.2. The zero-order valence-corrected chi connectivity index (χ0v) is 25.3. The zero-order chi connectivity index (χ0) is 31.8. The number of rotatable bonds is 7. The van der Waals surface area contributed by atoms with Gasteiger partial charge in [-0.2, -0.15) is 13.2 Å². The summed E-state index contributed by atoms with van der Waals surface area (Å²) in [6.45, 7) is 3.74. The molecule has 1 saturated heterocycles. The van der Waals surface area contributed by atoms with Crippen molar-refractivity contribution in [2.75, 3.05) is 39.5 Å². The van der Waals surface area contributed by atoms with Crippen molar-refractivity contribution in [1.29, 1.82) is 0 Å². The van der Waals surface area contributed by atoms with Gasteiger partial charge in [0.1, 0.15) is 23.1 Å². The third-order valence-electron chi connectivity index (χ3n) is 8.27. The molecule has 0 aliphatic carbocycles. The lowest BCUT2D eigenvalue weighted by atomic mass is 9.98. The largest absolute Gasteiger partial charge is 0.482 e. The van der Waals surface area contributed by atoms with Crippen LogP contribution >= 0.6 is 11.6 Å². The molecule has 46 heavy (non-hydrogen) atoms. The van der Waals surface area contributed by atoms with Crippen LogP contribution in [0.4, 0.5) is 13.2 Å². The lowest BCUT2D eigenvalue weighted by Crippen LogP contribution is -2.43. The first-order valence-electron chi connectivity index (χ1n) is 14.9. The molecule has 2 aromatic carbocycles. The number of fused-ring (bicyclic) bond motifs is 3. The minimum absolute atomic E-state index is 0.131. The summed E-state index contributed by atoms with van der Waals surface area (Å²) in [5, 5.41) is 4.71. The molecule has 2 aliphatic heterocycles. The predicted molar refractivity (Wildman–Crippen MR) is 162 cm³/mol. The van der Waals surface area contributed by atoms with Crippen LogP contribution in [0.15, 0.2) is 77.4 Å². The van der Waals surface area contributed by atoms with Gasteiger partial charge < -0.3 is 23.3 Å². The summed E-state index contributed by atoms with van der Waals surface area (Å²) in [6.07, 6.45) is -2.86. The van der Waals surface area contributed by atoms with Crippen molar-refractivity contribution < 1.29 is 32.0 Å². The normalized spacial score (nSPS) is 17.3. The van der Waals surface area contributed by atoms with Gasteiger partial charge in [-0.3, -0.25) is 9.69 Å². The standard InChI is InChI=1S/C33H29ClF3N5O4/c34-24-16-21(19-40-12-14-44-15-13-40)6-7-27(24)45-20-30(43)42-11-9-25-31(41-10-8-23(33(35,36)37)17-29(41)38-25)32(42)26-18-28(46-39-26)22-4-2-1-3-5-22/h1-8,10,16-18,32H,9,11-15,19-20H2. The van der Waals surface area contributed by atoms with Crippen LogP contribution in [0.5, 0.6) is 5.75 Å². The van der Waals surface area contributed by atoms with E-state index in [1.807, 2.05) is 42.5 Å². The summed E-state index contributed by atoms with van der Waals surface area (Å²) in [4.78, 5) is 22.2. The highest BCUT2D eigenvalue weighted by Gasteiger charge is 2.39. The maximum atomic E-state index is 13.8. The summed E-state index contributed by atoms with van der Waals surface area (Å²) in [7, 11) is 0. The number of carbonyl (C=O) groups excluding carboxylic acids is 1.